The molecule has 0 aromatic heterocycles. The molecule has 0 bridgehead atoms. The summed E-state index contributed by atoms with van der Waals surface area (Å²) < 4.78 is 0. The fraction of sp³-hybridized carbons (Fsp3) is 0.923. The first kappa shape index (κ1) is 12.7. The Bertz CT molecular complexity index is 289. The molecule has 2 rings (SSSR count). The van der Waals surface area contributed by atoms with E-state index < -0.39 is 0 Å². The molecular weight excluding hydrogens is 216 g/mol. The maximum absolute atomic E-state index is 11.9. The third-order valence-electron chi connectivity index (χ3n) is 4.43. The fourth-order valence-electron chi connectivity index (χ4n) is 2.59. The molecule has 4 heteroatoms. The van der Waals surface area contributed by atoms with Gasteiger partial charge in [0.25, 0.3) is 0 Å². The van der Waals surface area contributed by atoms with Crippen LogP contribution in [0.1, 0.15) is 39.5 Å². The lowest BCUT2D eigenvalue weighted by molar-refractivity contribution is 0.0421. The Hall–Kier alpha value is -0.770. The summed E-state index contributed by atoms with van der Waals surface area (Å²) >= 11 is 0. The van der Waals surface area contributed by atoms with Gasteiger partial charge < -0.3 is 15.3 Å². The van der Waals surface area contributed by atoms with Crippen molar-refractivity contribution < 1.29 is 9.90 Å². The Kier molecular flexibility index (Phi) is 3.61. The summed E-state index contributed by atoms with van der Waals surface area (Å²) in [4.78, 5) is 13.7. The van der Waals surface area contributed by atoms with Gasteiger partial charge in [-0.05, 0) is 30.6 Å². The second-order valence-corrected chi connectivity index (χ2v) is 6.10. The van der Waals surface area contributed by atoms with E-state index in [0.29, 0.717) is 17.9 Å². The molecule has 0 aromatic carbocycles. The number of β-amino-alcohol motifs (C(OH)–C–C–N with tert-alkyl or cyclic N) is 1. The summed E-state index contributed by atoms with van der Waals surface area (Å²) in [6, 6.07) is -0.0101. The van der Waals surface area contributed by atoms with Gasteiger partial charge in [-0.2, -0.15) is 0 Å². The first-order chi connectivity index (χ1) is 8.00. The number of nitrogens with one attached hydrogen (secondary N) is 1. The van der Waals surface area contributed by atoms with E-state index in [1.165, 1.54) is 19.3 Å². The highest BCUT2D eigenvalue weighted by Crippen LogP contribution is 2.39. The first-order valence-electron chi connectivity index (χ1n) is 6.71. The van der Waals surface area contributed by atoms with E-state index in [0.717, 1.165) is 19.5 Å². The zero-order chi connectivity index (χ0) is 12.5. The third kappa shape index (κ3) is 2.92. The minimum absolute atomic E-state index is 0.0101. The largest absolute Gasteiger partial charge is 0.391 e. The standard InChI is InChI=1S/C13H24N2O2/c1-10-4-7-15(8-11(10)16)12(17)14-9-13(2)5-3-6-13/h10-11,16H,3-9H2,1-2H3,(H,14,17). The number of rotatable bonds is 2. The molecule has 0 spiro atoms. The summed E-state index contributed by atoms with van der Waals surface area (Å²) in [6.45, 7) is 6.28. The summed E-state index contributed by atoms with van der Waals surface area (Å²) in [5, 5.41) is 12.8. The van der Waals surface area contributed by atoms with Crippen molar-refractivity contribution in [3.05, 3.63) is 0 Å². The SMILES string of the molecule is CC1CCN(C(=O)NCC2(C)CCC2)CC1O. The van der Waals surface area contributed by atoms with Crippen molar-refractivity contribution in [2.45, 2.75) is 45.6 Å². The molecule has 17 heavy (non-hydrogen) atoms. The average molecular weight is 240 g/mol. The van der Waals surface area contributed by atoms with Crippen molar-refractivity contribution in [1.82, 2.24) is 10.2 Å². The maximum Gasteiger partial charge on any atom is 0.317 e. The smallest absolute Gasteiger partial charge is 0.317 e. The molecule has 2 aliphatic rings. The van der Waals surface area contributed by atoms with E-state index in [1.807, 2.05) is 6.92 Å². The number of carbonyl (C=O) groups is 1. The number of carbonyl (C=O) groups excluding carboxylic acids is 1. The topological polar surface area (TPSA) is 52.6 Å². The minimum atomic E-state index is -0.367. The monoisotopic (exact) mass is 240 g/mol. The molecule has 2 N–H and O–H groups in total. The third-order valence-corrected chi connectivity index (χ3v) is 4.43. The maximum atomic E-state index is 11.9. The molecule has 2 unspecified atom stereocenters. The quantitative estimate of drug-likeness (QED) is 0.770. The Morgan fingerprint density at radius 1 is 1.53 bits per heavy atom. The van der Waals surface area contributed by atoms with Gasteiger partial charge >= 0.3 is 6.03 Å². The van der Waals surface area contributed by atoms with Crippen molar-refractivity contribution in [3.8, 4) is 0 Å². The number of aliphatic hydroxyl groups is 1. The van der Waals surface area contributed by atoms with Crippen LogP contribution in [0.3, 0.4) is 0 Å². The molecule has 4 nitrogen and oxygen atoms in total. The van der Waals surface area contributed by atoms with Crippen molar-refractivity contribution in [1.29, 1.82) is 0 Å². The first-order valence-corrected chi connectivity index (χ1v) is 6.71. The summed E-state index contributed by atoms with van der Waals surface area (Å²) in [6.07, 6.45) is 4.24. The number of urea groups is 1. The van der Waals surface area contributed by atoms with Crippen molar-refractivity contribution in [2.24, 2.45) is 11.3 Å². The number of nitrogens with zero attached hydrogens (tertiary/aromatic N) is 1. The van der Waals surface area contributed by atoms with Crippen LogP contribution in [-0.4, -0.2) is 41.8 Å². The number of hydrogen-bond donors (Lipinski definition) is 2. The molecule has 2 amide bonds. The van der Waals surface area contributed by atoms with Crippen LogP contribution in [0.4, 0.5) is 4.79 Å². The van der Waals surface area contributed by atoms with Crippen LogP contribution < -0.4 is 5.32 Å². The number of piperidine rings is 1. The van der Waals surface area contributed by atoms with E-state index in [4.69, 9.17) is 0 Å². The zero-order valence-corrected chi connectivity index (χ0v) is 10.9. The zero-order valence-electron chi connectivity index (χ0n) is 10.9. The van der Waals surface area contributed by atoms with Crippen LogP contribution in [0.25, 0.3) is 0 Å². The minimum Gasteiger partial charge on any atom is -0.391 e. The molecular formula is C13H24N2O2. The van der Waals surface area contributed by atoms with Gasteiger partial charge in [-0.1, -0.05) is 20.3 Å². The molecule has 1 saturated heterocycles. The lowest BCUT2D eigenvalue weighted by atomic mass is 9.70. The lowest BCUT2D eigenvalue weighted by Gasteiger charge is -2.40. The Labute approximate surface area is 103 Å². The molecule has 1 aliphatic heterocycles. The Morgan fingerprint density at radius 3 is 2.76 bits per heavy atom. The van der Waals surface area contributed by atoms with Crippen LogP contribution in [0.2, 0.25) is 0 Å². The van der Waals surface area contributed by atoms with Gasteiger partial charge in [-0.15, -0.1) is 0 Å². The predicted octanol–water partition coefficient (Wildman–Crippen LogP) is 1.59. The van der Waals surface area contributed by atoms with E-state index in [9.17, 15) is 9.90 Å². The molecule has 2 atom stereocenters. The second kappa shape index (κ2) is 4.84. The molecule has 0 radical (unpaired) electrons. The van der Waals surface area contributed by atoms with Crippen molar-refractivity contribution in [3.63, 3.8) is 0 Å². The predicted molar refractivity (Wildman–Crippen MR) is 66.7 cm³/mol. The van der Waals surface area contributed by atoms with Crippen molar-refractivity contribution >= 4 is 6.03 Å². The van der Waals surface area contributed by atoms with Crippen LogP contribution in [-0.2, 0) is 0 Å². The highest BCUT2D eigenvalue weighted by molar-refractivity contribution is 5.74. The van der Waals surface area contributed by atoms with E-state index in [1.54, 1.807) is 4.90 Å². The molecule has 1 aliphatic carbocycles. The molecule has 1 saturated carbocycles. The average Bonchev–Trinajstić information content (AvgIpc) is 2.27. The van der Waals surface area contributed by atoms with Gasteiger partial charge in [0.1, 0.15) is 0 Å². The van der Waals surface area contributed by atoms with E-state index >= 15 is 0 Å². The molecule has 98 valence electrons. The van der Waals surface area contributed by atoms with E-state index in [2.05, 4.69) is 12.2 Å². The van der Waals surface area contributed by atoms with Crippen molar-refractivity contribution in [2.75, 3.05) is 19.6 Å². The second-order valence-electron chi connectivity index (χ2n) is 6.10. The number of hydrogen-bond acceptors (Lipinski definition) is 2. The van der Waals surface area contributed by atoms with E-state index in [-0.39, 0.29) is 12.1 Å². The van der Waals surface area contributed by atoms with Gasteiger partial charge in [-0.3, -0.25) is 0 Å². The summed E-state index contributed by atoms with van der Waals surface area (Å²) in [5.74, 6) is 0.309. The summed E-state index contributed by atoms with van der Waals surface area (Å²) in [7, 11) is 0. The Morgan fingerprint density at radius 2 is 2.24 bits per heavy atom. The van der Waals surface area contributed by atoms with Crippen LogP contribution >= 0.6 is 0 Å². The van der Waals surface area contributed by atoms with Gasteiger partial charge in [0.05, 0.1) is 6.10 Å². The van der Waals surface area contributed by atoms with Crippen LogP contribution in [0, 0.1) is 11.3 Å². The summed E-state index contributed by atoms with van der Waals surface area (Å²) in [5.41, 5.74) is 0.317. The van der Waals surface area contributed by atoms with Gasteiger partial charge in [0.2, 0.25) is 0 Å². The molecule has 1 heterocycles. The number of likely N-dealkylation sites (tertiary alicyclic amines) is 1. The normalized spacial score (nSPS) is 31.8. The van der Waals surface area contributed by atoms with Gasteiger partial charge in [-0.25, -0.2) is 4.79 Å². The highest BCUT2D eigenvalue weighted by Gasteiger charge is 2.33. The molecule has 0 aromatic rings. The van der Waals surface area contributed by atoms with Crippen LogP contribution in [0.15, 0.2) is 0 Å². The fourth-order valence-corrected chi connectivity index (χ4v) is 2.59. The number of amides is 2. The Balaban J connectivity index is 1.76. The molecule has 2 fully saturated rings. The van der Waals surface area contributed by atoms with Gasteiger partial charge in [0, 0.05) is 19.6 Å². The highest BCUT2D eigenvalue weighted by atomic mass is 16.3. The lowest BCUT2D eigenvalue weighted by Crippen LogP contribution is -2.51. The number of aliphatic hydroxyl groups excluding tert-OH is 1. The van der Waals surface area contributed by atoms with Gasteiger partial charge in [0.15, 0.2) is 0 Å². The van der Waals surface area contributed by atoms with Crippen LogP contribution in [0.5, 0.6) is 0 Å².